The largest absolute Gasteiger partial charge is 0.494 e. The predicted octanol–water partition coefficient (Wildman–Crippen LogP) is 4.36. The van der Waals surface area contributed by atoms with Crippen LogP contribution in [0.4, 0.5) is 5.69 Å². The molecule has 2 aromatic carbocycles. The lowest BCUT2D eigenvalue weighted by atomic mass is 10.1. The Morgan fingerprint density at radius 3 is 2.34 bits per heavy atom. The van der Waals surface area contributed by atoms with Gasteiger partial charge in [-0.25, -0.2) is 0 Å². The zero-order chi connectivity index (χ0) is 20.8. The number of hydrogen-bond donors (Lipinski definition) is 0. The average Bonchev–Trinajstić information content (AvgIpc) is 2.74. The molecular formula is C23H27ClN2O3. The summed E-state index contributed by atoms with van der Waals surface area (Å²) in [6.07, 6.45) is 0.461. The molecule has 1 fully saturated rings. The molecule has 1 amide bonds. The second kappa shape index (κ2) is 9.79. The van der Waals surface area contributed by atoms with Gasteiger partial charge < -0.3 is 14.5 Å². The molecule has 1 heterocycles. The highest BCUT2D eigenvalue weighted by molar-refractivity contribution is 6.30. The van der Waals surface area contributed by atoms with Gasteiger partial charge >= 0.3 is 0 Å². The Balaban J connectivity index is 1.48. The molecule has 1 saturated heterocycles. The Morgan fingerprint density at radius 2 is 1.69 bits per heavy atom. The minimum absolute atomic E-state index is 0.0189. The van der Waals surface area contributed by atoms with Crippen LogP contribution in [0.3, 0.4) is 0 Å². The molecule has 154 valence electrons. The van der Waals surface area contributed by atoms with E-state index >= 15 is 0 Å². The molecule has 0 saturated carbocycles. The van der Waals surface area contributed by atoms with Gasteiger partial charge in [-0.15, -0.1) is 0 Å². The number of carbonyl (C=O) groups excluding carboxylic acids is 2. The molecule has 6 heteroatoms. The Bertz CT molecular complexity index is 859. The van der Waals surface area contributed by atoms with Gasteiger partial charge in [0.1, 0.15) is 5.75 Å². The molecular weight excluding hydrogens is 388 g/mol. The van der Waals surface area contributed by atoms with Crippen LogP contribution < -0.4 is 9.64 Å². The first-order chi connectivity index (χ1) is 14.0. The highest BCUT2D eigenvalue weighted by Crippen LogP contribution is 2.25. The number of carbonyl (C=O) groups is 2. The standard InChI is InChI=1S/C23H27ClN2O3/c1-3-29-20-8-5-18(6-9-20)22(27)10-11-23(28)26-14-12-25(13-15-26)21-16-19(24)7-4-17(21)2/h4-9,16H,3,10-15H2,1-2H3. The van der Waals surface area contributed by atoms with E-state index in [-0.39, 0.29) is 24.5 Å². The molecule has 3 rings (SSSR count). The van der Waals surface area contributed by atoms with Crippen LogP contribution in [-0.2, 0) is 4.79 Å². The topological polar surface area (TPSA) is 49.9 Å². The van der Waals surface area contributed by atoms with E-state index in [1.54, 1.807) is 24.3 Å². The lowest BCUT2D eigenvalue weighted by molar-refractivity contribution is -0.131. The highest BCUT2D eigenvalue weighted by atomic mass is 35.5. The van der Waals surface area contributed by atoms with E-state index in [1.165, 1.54) is 5.56 Å². The van der Waals surface area contributed by atoms with Crippen LogP contribution in [0.2, 0.25) is 5.02 Å². The Hall–Kier alpha value is -2.53. The normalized spacial score (nSPS) is 14.0. The maximum absolute atomic E-state index is 12.6. The smallest absolute Gasteiger partial charge is 0.223 e. The number of rotatable bonds is 7. The SMILES string of the molecule is CCOc1ccc(C(=O)CCC(=O)N2CCN(c3cc(Cl)ccc3C)CC2)cc1. The predicted molar refractivity (Wildman–Crippen MR) is 116 cm³/mol. The van der Waals surface area contributed by atoms with Gasteiger partial charge in [0.15, 0.2) is 5.78 Å². The summed E-state index contributed by atoms with van der Waals surface area (Å²) >= 11 is 6.13. The second-order valence-electron chi connectivity index (χ2n) is 7.18. The lowest BCUT2D eigenvalue weighted by Gasteiger charge is -2.37. The fourth-order valence-corrected chi connectivity index (χ4v) is 3.71. The number of nitrogens with zero attached hydrogens (tertiary/aromatic N) is 2. The summed E-state index contributed by atoms with van der Waals surface area (Å²) in [7, 11) is 0. The molecule has 2 aromatic rings. The summed E-state index contributed by atoms with van der Waals surface area (Å²) in [5.74, 6) is 0.759. The molecule has 0 atom stereocenters. The van der Waals surface area contributed by atoms with Crippen molar-refractivity contribution in [3.63, 3.8) is 0 Å². The van der Waals surface area contributed by atoms with Crippen molar-refractivity contribution in [1.82, 2.24) is 4.90 Å². The number of ketones is 1. The van der Waals surface area contributed by atoms with Crippen molar-refractivity contribution in [2.75, 3.05) is 37.7 Å². The minimum atomic E-state index is -0.0189. The number of anilines is 1. The van der Waals surface area contributed by atoms with E-state index in [4.69, 9.17) is 16.3 Å². The summed E-state index contributed by atoms with van der Waals surface area (Å²) in [5, 5.41) is 0.719. The first-order valence-electron chi connectivity index (χ1n) is 10.0. The molecule has 0 radical (unpaired) electrons. The summed E-state index contributed by atoms with van der Waals surface area (Å²) in [5.41, 5.74) is 2.91. The van der Waals surface area contributed by atoms with Gasteiger partial charge in [0, 0.05) is 55.3 Å². The van der Waals surface area contributed by atoms with Gasteiger partial charge in [0.05, 0.1) is 6.61 Å². The van der Waals surface area contributed by atoms with Crippen molar-refractivity contribution in [2.24, 2.45) is 0 Å². The van der Waals surface area contributed by atoms with E-state index < -0.39 is 0 Å². The van der Waals surface area contributed by atoms with Crippen molar-refractivity contribution in [3.8, 4) is 5.75 Å². The van der Waals surface area contributed by atoms with Crippen molar-refractivity contribution in [2.45, 2.75) is 26.7 Å². The summed E-state index contributed by atoms with van der Waals surface area (Å²) in [6, 6.07) is 13.0. The van der Waals surface area contributed by atoms with Crippen LogP contribution in [0.1, 0.15) is 35.7 Å². The van der Waals surface area contributed by atoms with Crippen LogP contribution in [0, 0.1) is 6.92 Å². The third kappa shape index (κ3) is 5.51. The quantitative estimate of drug-likeness (QED) is 0.631. The van der Waals surface area contributed by atoms with Crippen molar-refractivity contribution in [1.29, 1.82) is 0 Å². The molecule has 0 bridgehead atoms. The van der Waals surface area contributed by atoms with Crippen LogP contribution in [0.15, 0.2) is 42.5 Å². The number of aryl methyl sites for hydroxylation is 1. The average molecular weight is 415 g/mol. The number of hydrogen-bond acceptors (Lipinski definition) is 4. The Morgan fingerprint density at radius 1 is 1.00 bits per heavy atom. The van der Waals surface area contributed by atoms with Crippen LogP contribution in [0.5, 0.6) is 5.75 Å². The number of piperazine rings is 1. The van der Waals surface area contributed by atoms with Gasteiger partial charge in [-0.2, -0.15) is 0 Å². The number of halogens is 1. The number of amides is 1. The summed E-state index contributed by atoms with van der Waals surface area (Å²) in [4.78, 5) is 29.0. The number of benzene rings is 2. The van der Waals surface area contributed by atoms with Gasteiger partial charge in [0.25, 0.3) is 0 Å². The lowest BCUT2D eigenvalue weighted by Crippen LogP contribution is -2.49. The summed E-state index contributed by atoms with van der Waals surface area (Å²) in [6.45, 7) is 7.41. The summed E-state index contributed by atoms with van der Waals surface area (Å²) < 4.78 is 5.39. The number of ether oxygens (including phenoxy) is 1. The Labute approximate surface area is 177 Å². The third-order valence-electron chi connectivity index (χ3n) is 5.20. The van der Waals surface area contributed by atoms with Crippen LogP contribution in [0.25, 0.3) is 0 Å². The van der Waals surface area contributed by atoms with Gasteiger partial charge in [0.2, 0.25) is 5.91 Å². The monoisotopic (exact) mass is 414 g/mol. The molecule has 0 N–H and O–H groups in total. The van der Waals surface area contributed by atoms with Crippen LogP contribution >= 0.6 is 11.6 Å². The molecule has 1 aliphatic rings. The molecule has 1 aliphatic heterocycles. The van der Waals surface area contributed by atoms with Crippen molar-refractivity contribution >= 4 is 29.0 Å². The zero-order valence-corrected chi connectivity index (χ0v) is 17.7. The first kappa shape index (κ1) is 21.2. The second-order valence-corrected chi connectivity index (χ2v) is 7.62. The van der Waals surface area contributed by atoms with E-state index in [9.17, 15) is 9.59 Å². The Kier molecular flexibility index (Phi) is 7.15. The first-order valence-corrected chi connectivity index (χ1v) is 10.4. The van der Waals surface area contributed by atoms with Gasteiger partial charge in [-0.3, -0.25) is 9.59 Å². The van der Waals surface area contributed by atoms with Crippen molar-refractivity contribution in [3.05, 3.63) is 58.6 Å². The van der Waals surface area contributed by atoms with E-state index in [1.807, 2.05) is 30.0 Å². The molecule has 0 aromatic heterocycles. The van der Waals surface area contributed by atoms with E-state index in [0.29, 0.717) is 25.3 Å². The molecule has 5 nitrogen and oxygen atoms in total. The van der Waals surface area contributed by atoms with Crippen molar-refractivity contribution < 1.29 is 14.3 Å². The maximum atomic E-state index is 12.6. The van der Waals surface area contributed by atoms with Crippen LogP contribution in [-0.4, -0.2) is 49.4 Å². The zero-order valence-electron chi connectivity index (χ0n) is 17.0. The molecule has 0 unspecified atom stereocenters. The van der Waals surface area contributed by atoms with E-state index in [0.717, 1.165) is 29.5 Å². The highest BCUT2D eigenvalue weighted by Gasteiger charge is 2.22. The number of Topliss-reactive ketones (excluding diaryl/α,β-unsaturated/α-hetero) is 1. The third-order valence-corrected chi connectivity index (χ3v) is 5.43. The molecule has 0 aliphatic carbocycles. The molecule has 0 spiro atoms. The van der Waals surface area contributed by atoms with E-state index in [2.05, 4.69) is 11.8 Å². The maximum Gasteiger partial charge on any atom is 0.223 e. The fourth-order valence-electron chi connectivity index (χ4n) is 3.55. The van der Waals surface area contributed by atoms with Gasteiger partial charge in [-0.1, -0.05) is 17.7 Å². The van der Waals surface area contributed by atoms with Gasteiger partial charge in [-0.05, 0) is 55.8 Å². The fraction of sp³-hybridized carbons (Fsp3) is 0.391. The minimum Gasteiger partial charge on any atom is -0.494 e. The molecule has 29 heavy (non-hydrogen) atoms.